The lowest BCUT2D eigenvalue weighted by Gasteiger charge is -2.27. The van der Waals surface area contributed by atoms with Crippen LogP contribution in [0.5, 0.6) is 0 Å². The van der Waals surface area contributed by atoms with Crippen molar-refractivity contribution < 1.29 is 9.18 Å². The number of carbonyl (C=O) groups is 1. The number of amides is 1. The second-order valence-electron chi connectivity index (χ2n) is 7.85. The Labute approximate surface area is 148 Å². The van der Waals surface area contributed by atoms with Gasteiger partial charge in [-0.1, -0.05) is 12.1 Å². The van der Waals surface area contributed by atoms with Crippen LogP contribution >= 0.6 is 0 Å². The van der Waals surface area contributed by atoms with Crippen molar-refractivity contribution in [2.75, 3.05) is 6.54 Å². The average Bonchev–Trinajstić information content (AvgIpc) is 2.85. The molecule has 1 aliphatic heterocycles. The molecular formula is C20H26FN3O. The van der Waals surface area contributed by atoms with Gasteiger partial charge >= 0.3 is 0 Å². The van der Waals surface area contributed by atoms with E-state index in [4.69, 9.17) is 0 Å². The first kappa shape index (κ1) is 17.7. The van der Waals surface area contributed by atoms with E-state index in [2.05, 4.69) is 10.2 Å². The molecule has 4 nitrogen and oxygen atoms in total. The van der Waals surface area contributed by atoms with E-state index in [9.17, 15) is 9.18 Å². The highest BCUT2D eigenvalue weighted by atomic mass is 19.1. The minimum Gasteiger partial charge on any atom is -0.346 e. The maximum Gasteiger partial charge on any atom is 0.268 e. The van der Waals surface area contributed by atoms with Crippen LogP contribution in [0.3, 0.4) is 0 Å². The Balaban J connectivity index is 1.74. The summed E-state index contributed by atoms with van der Waals surface area (Å²) in [6, 6.07) is 8.67. The molecule has 1 aromatic heterocycles. The van der Waals surface area contributed by atoms with Crippen molar-refractivity contribution in [2.24, 2.45) is 7.05 Å². The van der Waals surface area contributed by atoms with Crippen molar-refractivity contribution in [1.82, 2.24) is 14.8 Å². The summed E-state index contributed by atoms with van der Waals surface area (Å²) in [7, 11) is 1.96. The highest BCUT2D eigenvalue weighted by Gasteiger charge is 2.25. The molecule has 0 aliphatic carbocycles. The van der Waals surface area contributed by atoms with E-state index in [1.54, 1.807) is 0 Å². The smallest absolute Gasteiger partial charge is 0.268 e. The highest BCUT2D eigenvalue weighted by Crippen LogP contribution is 2.24. The van der Waals surface area contributed by atoms with Gasteiger partial charge in [-0.05, 0) is 50.1 Å². The topological polar surface area (TPSA) is 37.3 Å². The predicted molar refractivity (Wildman–Crippen MR) is 96.9 cm³/mol. The molecule has 0 spiro atoms. The third kappa shape index (κ3) is 4.10. The van der Waals surface area contributed by atoms with Crippen LogP contribution in [0.2, 0.25) is 0 Å². The van der Waals surface area contributed by atoms with Crippen molar-refractivity contribution in [3.05, 3.63) is 58.7 Å². The molecule has 0 fully saturated rings. The van der Waals surface area contributed by atoms with Crippen LogP contribution in [0.25, 0.3) is 0 Å². The number of fused-ring (bicyclic) bond motifs is 1. The second kappa shape index (κ2) is 6.64. The molecule has 2 aromatic rings. The number of nitrogens with one attached hydrogen (secondary N) is 1. The van der Waals surface area contributed by atoms with Crippen molar-refractivity contribution >= 4 is 5.91 Å². The van der Waals surface area contributed by atoms with Crippen LogP contribution in [0.4, 0.5) is 4.39 Å². The molecule has 2 heterocycles. The summed E-state index contributed by atoms with van der Waals surface area (Å²) < 4.78 is 15.1. The van der Waals surface area contributed by atoms with Crippen LogP contribution in [0.15, 0.2) is 30.3 Å². The Morgan fingerprint density at radius 1 is 1.24 bits per heavy atom. The van der Waals surface area contributed by atoms with E-state index in [1.165, 1.54) is 23.4 Å². The van der Waals surface area contributed by atoms with Gasteiger partial charge in [0.25, 0.3) is 5.91 Å². The molecule has 3 rings (SSSR count). The largest absolute Gasteiger partial charge is 0.346 e. The molecule has 0 unspecified atom stereocenters. The molecule has 0 atom stereocenters. The van der Waals surface area contributed by atoms with Gasteiger partial charge in [-0.2, -0.15) is 0 Å². The molecule has 0 bridgehead atoms. The summed E-state index contributed by atoms with van der Waals surface area (Å²) >= 11 is 0. The fraction of sp³-hybridized carbons (Fsp3) is 0.450. The quantitative estimate of drug-likeness (QED) is 0.929. The first-order valence-corrected chi connectivity index (χ1v) is 8.70. The Hall–Kier alpha value is -2.14. The molecule has 0 radical (unpaired) electrons. The summed E-state index contributed by atoms with van der Waals surface area (Å²) in [6.45, 7) is 8.48. The third-order valence-electron chi connectivity index (χ3n) is 4.55. The molecule has 1 aromatic carbocycles. The summed E-state index contributed by atoms with van der Waals surface area (Å²) in [5.74, 6) is -0.239. The second-order valence-corrected chi connectivity index (χ2v) is 7.85. The number of aromatic nitrogens is 1. The van der Waals surface area contributed by atoms with Crippen molar-refractivity contribution in [1.29, 1.82) is 0 Å². The maximum absolute atomic E-state index is 13.0. The van der Waals surface area contributed by atoms with Gasteiger partial charge in [-0.3, -0.25) is 9.69 Å². The average molecular weight is 343 g/mol. The number of carbonyl (C=O) groups excluding carboxylic acids is 1. The van der Waals surface area contributed by atoms with Gasteiger partial charge in [-0.15, -0.1) is 0 Å². The number of hydrogen-bond acceptors (Lipinski definition) is 2. The molecule has 134 valence electrons. The molecule has 0 saturated carbocycles. The lowest BCUT2D eigenvalue weighted by atomic mass is 10.1. The van der Waals surface area contributed by atoms with Crippen LogP contribution in [0.1, 0.15) is 48.1 Å². The Morgan fingerprint density at radius 3 is 2.56 bits per heavy atom. The molecular weight excluding hydrogens is 317 g/mol. The van der Waals surface area contributed by atoms with Gasteiger partial charge in [-0.25, -0.2) is 4.39 Å². The minimum absolute atomic E-state index is 0.0329. The van der Waals surface area contributed by atoms with Crippen LogP contribution in [-0.4, -0.2) is 27.5 Å². The fourth-order valence-corrected chi connectivity index (χ4v) is 3.36. The van der Waals surface area contributed by atoms with Gasteiger partial charge in [0.15, 0.2) is 0 Å². The van der Waals surface area contributed by atoms with Gasteiger partial charge < -0.3 is 9.88 Å². The SMILES string of the molecule is Cn1c(C(=O)NC(C)(C)C)cc2c1CCN(Cc1ccc(F)cc1)C2. The first-order chi connectivity index (χ1) is 11.7. The number of hydrogen-bond donors (Lipinski definition) is 1. The zero-order valence-corrected chi connectivity index (χ0v) is 15.4. The molecule has 5 heteroatoms. The van der Waals surface area contributed by atoms with Gasteiger partial charge in [0, 0.05) is 44.3 Å². The minimum atomic E-state index is -0.253. The van der Waals surface area contributed by atoms with Gasteiger partial charge in [0.1, 0.15) is 11.5 Å². The van der Waals surface area contributed by atoms with Crippen LogP contribution in [-0.2, 0) is 26.6 Å². The predicted octanol–water partition coefficient (Wildman–Crippen LogP) is 3.25. The lowest BCUT2D eigenvalue weighted by molar-refractivity contribution is 0.0911. The fourth-order valence-electron chi connectivity index (χ4n) is 3.36. The van der Waals surface area contributed by atoms with E-state index >= 15 is 0 Å². The number of halogens is 1. The summed E-state index contributed by atoms with van der Waals surface area (Å²) in [6.07, 6.45) is 0.913. The zero-order chi connectivity index (χ0) is 18.2. The van der Waals surface area contributed by atoms with Gasteiger partial charge in [0.05, 0.1) is 0 Å². The van der Waals surface area contributed by atoms with Gasteiger partial charge in [0.2, 0.25) is 0 Å². The molecule has 25 heavy (non-hydrogen) atoms. The van der Waals surface area contributed by atoms with E-state index in [0.717, 1.165) is 31.6 Å². The van der Waals surface area contributed by atoms with Crippen molar-refractivity contribution in [3.63, 3.8) is 0 Å². The van der Waals surface area contributed by atoms with Crippen molar-refractivity contribution in [3.8, 4) is 0 Å². The van der Waals surface area contributed by atoms with E-state index in [-0.39, 0.29) is 17.3 Å². The highest BCUT2D eigenvalue weighted by molar-refractivity contribution is 5.93. The maximum atomic E-state index is 13.0. The molecule has 0 saturated heterocycles. The Morgan fingerprint density at radius 2 is 1.92 bits per heavy atom. The molecule has 1 aliphatic rings. The number of rotatable bonds is 3. The molecule has 1 amide bonds. The zero-order valence-electron chi connectivity index (χ0n) is 15.4. The number of benzene rings is 1. The first-order valence-electron chi connectivity index (χ1n) is 8.70. The van der Waals surface area contributed by atoms with E-state index < -0.39 is 0 Å². The number of nitrogens with zero attached hydrogens (tertiary/aromatic N) is 2. The molecule has 1 N–H and O–H groups in total. The lowest BCUT2D eigenvalue weighted by Crippen LogP contribution is -2.41. The van der Waals surface area contributed by atoms with E-state index in [0.29, 0.717) is 5.69 Å². The monoisotopic (exact) mass is 343 g/mol. The standard InChI is InChI=1S/C20H26FN3O/c1-20(2,3)22-19(25)18-11-15-13-24(10-9-17(15)23(18)4)12-14-5-7-16(21)8-6-14/h5-8,11H,9-10,12-13H2,1-4H3,(H,22,25). The summed E-state index contributed by atoms with van der Waals surface area (Å²) in [5.41, 5.74) is 4.00. The summed E-state index contributed by atoms with van der Waals surface area (Å²) in [4.78, 5) is 14.9. The normalized spacial score (nSPS) is 15.1. The third-order valence-corrected chi connectivity index (χ3v) is 4.55. The van der Waals surface area contributed by atoms with Crippen molar-refractivity contribution in [2.45, 2.75) is 45.8 Å². The Bertz CT molecular complexity index is 771. The van der Waals surface area contributed by atoms with E-state index in [1.807, 2.05) is 50.6 Å². The van der Waals surface area contributed by atoms with Crippen LogP contribution < -0.4 is 5.32 Å². The Kier molecular flexibility index (Phi) is 4.69. The van der Waals surface area contributed by atoms with Crippen LogP contribution in [0, 0.1) is 5.82 Å². The summed E-state index contributed by atoms with van der Waals surface area (Å²) in [5, 5.41) is 3.03.